The molecule has 232 valence electrons. The van der Waals surface area contributed by atoms with E-state index in [9.17, 15) is 14.7 Å². The molecule has 6 rings (SSSR count). The first kappa shape index (κ1) is 32.1. The summed E-state index contributed by atoms with van der Waals surface area (Å²) in [6, 6.07) is 57.1. The molecule has 0 aliphatic carbocycles. The van der Waals surface area contributed by atoms with Crippen molar-refractivity contribution in [2.45, 2.75) is 6.42 Å². The van der Waals surface area contributed by atoms with Gasteiger partial charge in [-0.2, -0.15) is 0 Å². The normalized spacial score (nSPS) is 11.3. The van der Waals surface area contributed by atoms with Crippen LogP contribution in [0.1, 0.15) is 27.1 Å². The van der Waals surface area contributed by atoms with Gasteiger partial charge >= 0.3 is 5.97 Å². The SMILES string of the molecule is O=C(NCCC[P+](c1ccccc1)(c1ccccc1)c1ccccc1)c1ccc(C(=O)O)c(P(c2ccccc2)c2ccccc2)c1. The first-order chi connectivity index (χ1) is 23.1. The van der Waals surface area contributed by atoms with Crippen LogP contribution in [0.25, 0.3) is 0 Å². The molecule has 6 heteroatoms. The second-order valence-corrected chi connectivity index (χ2v) is 17.0. The van der Waals surface area contributed by atoms with Gasteiger partial charge in [-0.05, 0) is 79.5 Å². The molecular formula is C41H36NO3P2+. The van der Waals surface area contributed by atoms with Crippen molar-refractivity contribution in [2.24, 2.45) is 0 Å². The van der Waals surface area contributed by atoms with Crippen LogP contribution in [0.3, 0.4) is 0 Å². The van der Waals surface area contributed by atoms with Gasteiger partial charge in [-0.1, -0.05) is 115 Å². The van der Waals surface area contributed by atoms with Crippen LogP contribution in [0, 0.1) is 0 Å². The Bertz CT molecular complexity index is 1780. The lowest BCUT2D eigenvalue weighted by Gasteiger charge is -2.27. The zero-order valence-electron chi connectivity index (χ0n) is 25.9. The second-order valence-electron chi connectivity index (χ2n) is 11.2. The third kappa shape index (κ3) is 7.10. The molecule has 0 aliphatic rings. The molecule has 4 nitrogen and oxygen atoms in total. The fraction of sp³-hybridized carbons (Fsp3) is 0.0732. The van der Waals surface area contributed by atoms with Gasteiger partial charge in [0.15, 0.2) is 0 Å². The van der Waals surface area contributed by atoms with E-state index in [4.69, 9.17) is 0 Å². The lowest BCUT2D eigenvalue weighted by Crippen LogP contribution is -2.35. The molecule has 0 saturated carbocycles. The zero-order chi connectivity index (χ0) is 32.5. The number of aromatic carboxylic acids is 1. The number of carbonyl (C=O) groups excluding carboxylic acids is 1. The van der Waals surface area contributed by atoms with Gasteiger partial charge in [-0.15, -0.1) is 0 Å². The van der Waals surface area contributed by atoms with Crippen LogP contribution in [-0.2, 0) is 0 Å². The van der Waals surface area contributed by atoms with E-state index in [1.807, 2.05) is 60.7 Å². The minimum Gasteiger partial charge on any atom is -0.478 e. The predicted octanol–water partition coefficient (Wildman–Crippen LogP) is 6.26. The predicted molar refractivity (Wildman–Crippen MR) is 199 cm³/mol. The minimum atomic E-state index is -2.01. The standard InChI is InChI=1S/C41H35NO3P2/c43-40(32-27-28-38(41(44)45)39(31-32)46(33-17-6-1-7-18-33)34-19-8-2-9-20-34)42-29-16-30-47(35-21-10-3-11-22-35,36-23-12-4-13-24-36)37-25-14-5-15-26-37/h1-15,17-28,31H,16,29-30H2,(H-,42,43,44,45)/p+1. The van der Waals surface area contributed by atoms with Crippen molar-refractivity contribution in [2.75, 3.05) is 12.7 Å². The molecule has 0 heterocycles. The lowest BCUT2D eigenvalue weighted by atomic mass is 10.1. The minimum absolute atomic E-state index is 0.206. The second kappa shape index (κ2) is 15.1. The molecule has 0 radical (unpaired) electrons. The van der Waals surface area contributed by atoms with Crippen molar-refractivity contribution in [3.63, 3.8) is 0 Å². The van der Waals surface area contributed by atoms with Crippen LogP contribution < -0.4 is 37.1 Å². The first-order valence-corrected chi connectivity index (χ1v) is 19.0. The Morgan fingerprint density at radius 1 is 0.574 bits per heavy atom. The zero-order valence-corrected chi connectivity index (χ0v) is 27.7. The molecule has 2 N–H and O–H groups in total. The molecule has 0 bridgehead atoms. The third-order valence-electron chi connectivity index (χ3n) is 8.31. The van der Waals surface area contributed by atoms with Gasteiger partial charge in [0.25, 0.3) is 5.91 Å². The van der Waals surface area contributed by atoms with Crippen LogP contribution in [0.15, 0.2) is 170 Å². The Balaban J connectivity index is 1.28. The summed E-state index contributed by atoms with van der Waals surface area (Å²) in [7, 11) is -3.21. The van der Waals surface area contributed by atoms with E-state index in [0.717, 1.165) is 23.2 Å². The molecule has 0 saturated heterocycles. The van der Waals surface area contributed by atoms with E-state index in [0.29, 0.717) is 17.4 Å². The smallest absolute Gasteiger partial charge is 0.336 e. The Morgan fingerprint density at radius 3 is 1.43 bits per heavy atom. The average Bonchev–Trinajstić information content (AvgIpc) is 3.14. The molecular weight excluding hydrogens is 616 g/mol. The Labute approximate surface area is 278 Å². The number of benzene rings is 6. The first-order valence-electron chi connectivity index (χ1n) is 15.7. The number of carbonyl (C=O) groups is 2. The summed E-state index contributed by atoms with van der Waals surface area (Å²) in [6.45, 7) is 0.495. The lowest BCUT2D eigenvalue weighted by molar-refractivity contribution is 0.0697. The number of carboxylic acids is 1. The number of carboxylic acid groups (broad SMARTS) is 1. The van der Waals surface area contributed by atoms with Crippen molar-refractivity contribution in [3.8, 4) is 0 Å². The van der Waals surface area contributed by atoms with Crippen LogP contribution in [0.5, 0.6) is 0 Å². The average molecular weight is 653 g/mol. The van der Waals surface area contributed by atoms with Gasteiger partial charge in [0.05, 0.1) is 11.7 Å². The van der Waals surface area contributed by atoms with Crippen molar-refractivity contribution < 1.29 is 14.7 Å². The summed E-state index contributed by atoms with van der Waals surface area (Å²) in [6.07, 6.45) is 1.67. The summed E-state index contributed by atoms with van der Waals surface area (Å²) < 4.78 is 0. The van der Waals surface area contributed by atoms with Crippen LogP contribution in [-0.4, -0.2) is 29.7 Å². The van der Waals surface area contributed by atoms with E-state index >= 15 is 0 Å². The third-order valence-corrected chi connectivity index (χ3v) is 15.3. The maximum atomic E-state index is 13.7. The van der Waals surface area contributed by atoms with Crippen molar-refractivity contribution >= 4 is 58.9 Å². The molecule has 6 aromatic carbocycles. The Hall–Kier alpha value is -4.88. The summed E-state index contributed by atoms with van der Waals surface area (Å²) in [4.78, 5) is 26.1. The van der Waals surface area contributed by atoms with Crippen molar-refractivity contribution in [1.29, 1.82) is 0 Å². The van der Waals surface area contributed by atoms with Gasteiger partial charge in [0.1, 0.15) is 23.2 Å². The Morgan fingerprint density at radius 2 is 1.00 bits per heavy atom. The van der Waals surface area contributed by atoms with Gasteiger partial charge in [0, 0.05) is 17.4 Å². The molecule has 1 amide bonds. The molecule has 47 heavy (non-hydrogen) atoms. The van der Waals surface area contributed by atoms with E-state index in [1.54, 1.807) is 18.2 Å². The largest absolute Gasteiger partial charge is 0.478 e. The highest BCUT2D eigenvalue weighted by Crippen LogP contribution is 2.55. The molecule has 0 unspecified atom stereocenters. The Kier molecular flexibility index (Phi) is 10.3. The maximum absolute atomic E-state index is 13.7. The van der Waals surface area contributed by atoms with E-state index in [1.165, 1.54) is 15.9 Å². The van der Waals surface area contributed by atoms with Crippen LogP contribution in [0.4, 0.5) is 0 Å². The van der Waals surface area contributed by atoms with Gasteiger partial charge in [-0.25, -0.2) is 4.79 Å². The van der Waals surface area contributed by atoms with Gasteiger partial charge < -0.3 is 10.4 Å². The molecule has 0 aromatic heterocycles. The number of amides is 1. The molecule has 0 aliphatic heterocycles. The van der Waals surface area contributed by atoms with Crippen LogP contribution in [0.2, 0.25) is 0 Å². The number of hydrogen-bond acceptors (Lipinski definition) is 2. The van der Waals surface area contributed by atoms with E-state index < -0.39 is 21.2 Å². The summed E-state index contributed by atoms with van der Waals surface area (Å²) in [5, 5.41) is 20.0. The highest BCUT2D eigenvalue weighted by atomic mass is 31.2. The van der Waals surface area contributed by atoms with Gasteiger partial charge in [0.2, 0.25) is 0 Å². The summed E-state index contributed by atoms with van der Waals surface area (Å²) in [5.41, 5.74) is 0.670. The molecule has 6 aromatic rings. The number of rotatable bonds is 12. The quantitative estimate of drug-likeness (QED) is 0.121. The van der Waals surface area contributed by atoms with Gasteiger partial charge in [-0.3, -0.25) is 4.79 Å². The highest BCUT2D eigenvalue weighted by molar-refractivity contribution is 7.95. The van der Waals surface area contributed by atoms with E-state index in [-0.39, 0.29) is 11.5 Å². The monoisotopic (exact) mass is 652 g/mol. The van der Waals surface area contributed by atoms with E-state index in [2.05, 4.69) is 96.3 Å². The fourth-order valence-electron chi connectivity index (χ4n) is 6.12. The van der Waals surface area contributed by atoms with Crippen molar-refractivity contribution in [3.05, 3.63) is 181 Å². The highest BCUT2D eigenvalue weighted by Gasteiger charge is 2.44. The van der Waals surface area contributed by atoms with Crippen LogP contribution >= 0.6 is 15.2 Å². The molecule has 0 spiro atoms. The maximum Gasteiger partial charge on any atom is 0.336 e. The summed E-state index contributed by atoms with van der Waals surface area (Å²) in [5.74, 6) is -1.21. The topological polar surface area (TPSA) is 66.4 Å². The molecule has 0 fully saturated rings. The molecule has 0 atom stereocenters. The van der Waals surface area contributed by atoms with Crippen molar-refractivity contribution in [1.82, 2.24) is 5.32 Å². The fourth-order valence-corrected chi connectivity index (χ4v) is 12.9. The number of nitrogens with one attached hydrogen (secondary N) is 1. The summed E-state index contributed by atoms with van der Waals surface area (Å²) >= 11 is 0. The number of hydrogen-bond donors (Lipinski definition) is 2.